The number of hydrogen-bond donors (Lipinski definition) is 1. The van der Waals surface area contributed by atoms with Crippen molar-refractivity contribution in [3.63, 3.8) is 0 Å². The van der Waals surface area contributed by atoms with E-state index in [1.165, 1.54) is 0 Å². The van der Waals surface area contributed by atoms with Gasteiger partial charge in [0, 0.05) is 24.5 Å². The SMILES string of the molecule is Cc1cccc(NC(=O)CN2C(=O)S/C(=C\c3ccc(N4CCOCC4)cc3)C2=O)c1. The van der Waals surface area contributed by atoms with E-state index in [2.05, 4.69) is 10.2 Å². The van der Waals surface area contributed by atoms with Crippen molar-refractivity contribution in [1.29, 1.82) is 0 Å². The van der Waals surface area contributed by atoms with Gasteiger partial charge in [-0.2, -0.15) is 0 Å². The Balaban J connectivity index is 1.40. The number of imide groups is 1. The average molecular weight is 438 g/mol. The maximum absolute atomic E-state index is 12.7. The topological polar surface area (TPSA) is 79.0 Å². The molecule has 0 aliphatic carbocycles. The van der Waals surface area contributed by atoms with Crippen LogP contribution in [0.1, 0.15) is 11.1 Å². The van der Waals surface area contributed by atoms with Crippen LogP contribution in [0.5, 0.6) is 0 Å². The number of amides is 3. The maximum Gasteiger partial charge on any atom is 0.294 e. The Morgan fingerprint density at radius 2 is 1.87 bits per heavy atom. The molecule has 2 saturated heterocycles. The summed E-state index contributed by atoms with van der Waals surface area (Å²) in [6.07, 6.45) is 1.69. The van der Waals surface area contributed by atoms with E-state index in [0.29, 0.717) is 23.8 Å². The summed E-state index contributed by atoms with van der Waals surface area (Å²) < 4.78 is 5.37. The molecule has 160 valence electrons. The molecule has 2 aliphatic heterocycles. The van der Waals surface area contributed by atoms with Crippen LogP contribution in [-0.2, 0) is 14.3 Å². The van der Waals surface area contributed by atoms with Gasteiger partial charge in [0.05, 0.1) is 18.1 Å². The zero-order chi connectivity index (χ0) is 21.8. The molecule has 0 aromatic heterocycles. The normalized spacial score (nSPS) is 18.0. The van der Waals surface area contributed by atoms with Gasteiger partial charge in [-0.15, -0.1) is 0 Å². The Hall–Kier alpha value is -3.10. The van der Waals surface area contributed by atoms with Gasteiger partial charge in [-0.1, -0.05) is 24.3 Å². The van der Waals surface area contributed by atoms with Crippen LogP contribution in [0, 0.1) is 6.92 Å². The van der Waals surface area contributed by atoms with Gasteiger partial charge >= 0.3 is 0 Å². The highest BCUT2D eigenvalue weighted by Crippen LogP contribution is 2.32. The third-order valence-electron chi connectivity index (χ3n) is 5.04. The summed E-state index contributed by atoms with van der Waals surface area (Å²) in [4.78, 5) is 40.9. The van der Waals surface area contributed by atoms with Gasteiger partial charge in [-0.25, -0.2) is 0 Å². The van der Waals surface area contributed by atoms with Crippen LogP contribution in [0.15, 0.2) is 53.4 Å². The standard InChI is InChI=1S/C23H23N3O4S/c1-16-3-2-4-18(13-16)24-21(27)15-26-22(28)20(31-23(26)29)14-17-5-7-19(8-6-17)25-9-11-30-12-10-25/h2-8,13-14H,9-12,15H2,1H3,(H,24,27)/b20-14-. The van der Waals surface area contributed by atoms with E-state index in [1.807, 2.05) is 49.4 Å². The van der Waals surface area contributed by atoms with E-state index >= 15 is 0 Å². The minimum absolute atomic E-state index is 0.312. The van der Waals surface area contributed by atoms with Gasteiger partial charge in [0.1, 0.15) is 6.54 Å². The van der Waals surface area contributed by atoms with Gasteiger partial charge in [0.15, 0.2) is 0 Å². The second kappa shape index (κ2) is 9.36. The second-order valence-electron chi connectivity index (χ2n) is 7.38. The summed E-state index contributed by atoms with van der Waals surface area (Å²) in [6, 6.07) is 15.2. The van der Waals surface area contributed by atoms with Crippen LogP contribution in [0.3, 0.4) is 0 Å². The molecule has 0 radical (unpaired) electrons. The lowest BCUT2D eigenvalue weighted by Gasteiger charge is -2.28. The molecule has 31 heavy (non-hydrogen) atoms. The number of benzene rings is 2. The summed E-state index contributed by atoms with van der Waals surface area (Å²) in [5.41, 5.74) is 3.56. The van der Waals surface area contributed by atoms with E-state index in [1.54, 1.807) is 12.1 Å². The number of nitrogens with zero attached hydrogens (tertiary/aromatic N) is 2. The Morgan fingerprint density at radius 1 is 1.13 bits per heavy atom. The van der Waals surface area contributed by atoms with E-state index in [-0.39, 0.29) is 6.54 Å². The molecule has 2 heterocycles. The first-order valence-electron chi connectivity index (χ1n) is 10.0. The molecular formula is C23H23N3O4S. The smallest absolute Gasteiger partial charge is 0.294 e. The molecule has 8 heteroatoms. The molecule has 0 saturated carbocycles. The third-order valence-corrected chi connectivity index (χ3v) is 5.95. The zero-order valence-corrected chi connectivity index (χ0v) is 18.0. The Kier molecular flexibility index (Phi) is 6.39. The minimum atomic E-state index is -0.452. The van der Waals surface area contributed by atoms with Crippen molar-refractivity contribution in [2.75, 3.05) is 43.1 Å². The Bertz CT molecular complexity index is 1030. The summed E-state index contributed by atoms with van der Waals surface area (Å²) in [6.45, 7) is 4.74. The first-order chi connectivity index (χ1) is 15.0. The average Bonchev–Trinajstić information content (AvgIpc) is 3.02. The summed E-state index contributed by atoms with van der Waals surface area (Å²) >= 11 is 0.851. The molecule has 2 aromatic rings. The van der Waals surface area contributed by atoms with Crippen molar-refractivity contribution in [2.45, 2.75) is 6.92 Å². The fourth-order valence-electron chi connectivity index (χ4n) is 3.46. The lowest BCUT2D eigenvalue weighted by Crippen LogP contribution is -2.36. The van der Waals surface area contributed by atoms with Crippen LogP contribution in [0.25, 0.3) is 6.08 Å². The number of thioether (sulfide) groups is 1. The van der Waals surface area contributed by atoms with E-state index < -0.39 is 17.1 Å². The highest BCUT2D eigenvalue weighted by molar-refractivity contribution is 8.18. The molecule has 0 atom stereocenters. The molecule has 0 unspecified atom stereocenters. The summed E-state index contributed by atoms with van der Waals surface area (Å²) in [5.74, 6) is -0.865. The largest absolute Gasteiger partial charge is 0.378 e. The number of carbonyl (C=O) groups excluding carboxylic acids is 3. The molecule has 0 bridgehead atoms. The fraction of sp³-hybridized carbons (Fsp3) is 0.261. The zero-order valence-electron chi connectivity index (χ0n) is 17.2. The van der Waals surface area contributed by atoms with Crippen LogP contribution >= 0.6 is 11.8 Å². The first kappa shape index (κ1) is 21.1. The highest BCUT2D eigenvalue weighted by Gasteiger charge is 2.36. The van der Waals surface area contributed by atoms with Gasteiger partial charge in [0.25, 0.3) is 11.1 Å². The molecule has 3 amide bonds. The predicted molar refractivity (Wildman–Crippen MR) is 122 cm³/mol. The van der Waals surface area contributed by atoms with Crippen molar-refractivity contribution in [1.82, 2.24) is 4.90 Å². The molecule has 2 aliphatic rings. The highest BCUT2D eigenvalue weighted by atomic mass is 32.2. The second-order valence-corrected chi connectivity index (χ2v) is 8.37. The summed E-state index contributed by atoms with van der Waals surface area (Å²) in [5, 5.41) is 2.28. The number of rotatable bonds is 5. The van der Waals surface area contributed by atoms with E-state index in [9.17, 15) is 14.4 Å². The fourth-order valence-corrected chi connectivity index (χ4v) is 4.30. The number of nitrogens with one attached hydrogen (secondary N) is 1. The van der Waals surface area contributed by atoms with Crippen LogP contribution in [0.4, 0.5) is 16.2 Å². The van der Waals surface area contributed by atoms with Crippen molar-refractivity contribution in [3.05, 3.63) is 64.6 Å². The molecule has 0 spiro atoms. The number of ether oxygens (including phenoxy) is 1. The molecular weight excluding hydrogens is 414 g/mol. The lowest BCUT2D eigenvalue weighted by molar-refractivity contribution is -0.127. The number of carbonyl (C=O) groups is 3. The maximum atomic E-state index is 12.7. The minimum Gasteiger partial charge on any atom is -0.378 e. The van der Waals surface area contributed by atoms with Crippen LogP contribution in [0.2, 0.25) is 0 Å². The number of hydrogen-bond acceptors (Lipinski definition) is 6. The van der Waals surface area contributed by atoms with Crippen molar-refractivity contribution in [2.24, 2.45) is 0 Å². The molecule has 4 rings (SSSR count). The van der Waals surface area contributed by atoms with Crippen LogP contribution in [-0.4, -0.2) is 54.8 Å². The van der Waals surface area contributed by atoms with Crippen molar-refractivity contribution in [3.8, 4) is 0 Å². The van der Waals surface area contributed by atoms with Crippen LogP contribution < -0.4 is 10.2 Å². The first-order valence-corrected chi connectivity index (χ1v) is 10.9. The van der Waals surface area contributed by atoms with E-state index in [4.69, 9.17) is 4.74 Å². The lowest BCUT2D eigenvalue weighted by atomic mass is 10.1. The van der Waals surface area contributed by atoms with Gasteiger partial charge in [-0.3, -0.25) is 19.3 Å². The Labute approximate surface area is 185 Å². The third kappa shape index (κ3) is 5.15. The number of morpholine rings is 1. The molecule has 1 N–H and O–H groups in total. The van der Waals surface area contributed by atoms with Gasteiger partial charge in [-0.05, 0) is 60.2 Å². The Morgan fingerprint density at radius 3 is 2.58 bits per heavy atom. The molecule has 2 fully saturated rings. The van der Waals surface area contributed by atoms with Gasteiger partial charge < -0.3 is 15.0 Å². The number of anilines is 2. The quantitative estimate of drug-likeness (QED) is 0.722. The molecule has 7 nitrogen and oxygen atoms in total. The van der Waals surface area contributed by atoms with Crippen molar-refractivity contribution >= 4 is 46.3 Å². The monoisotopic (exact) mass is 437 g/mol. The number of aryl methyl sites for hydroxylation is 1. The van der Waals surface area contributed by atoms with Crippen molar-refractivity contribution < 1.29 is 19.1 Å². The molecule has 2 aromatic carbocycles. The van der Waals surface area contributed by atoms with E-state index in [0.717, 1.165) is 46.6 Å². The predicted octanol–water partition coefficient (Wildman–Crippen LogP) is 3.51. The van der Waals surface area contributed by atoms with Gasteiger partial charge in [0.2, 0.25) is 5.91 Å². The summed E-state index contributed by atoms with van der Waals surface area (Å²) in [7, 11) is 0.